The number of hydrogen-bond acceptors (Lipinski definition) is 5. The molecule has 0 saturated heterocycles. The molecule has 2 heterocycles. The molecule has 3 rings (SSSR count). The molecule has 136 valence electrons. The van der Waals surface area contributed by atoms with Crippen LogP contribution in [0.15, 0.2) is 35.2 Å². The van der Waals surface area contributed by atoms with Crippen LogP contribution in [0.3, 0.4) is 0 Å². The molecule has 0 radical (unpaired) electrons. The molecule has 0 N–H and O–H groups in total. The van der Waals surface area contributed by atoms with Gasteiger partial charge in [0.1, 0.15) is 6.61 Å². The lowest BCUT2D eigenvalue weighted by atomic mass is 10.1. The van der Waals surface area contributed by atoms with Crippen LogP contribution >= 0.6 is 11.8 Å². The van der Waals surface area contributed by atoms with Crippen LogP contribution in [-0.4, -0.2) is 26.8 Å². The van der Waals surface area contributed by atoms with E-state index in [1.54, 1.807) is 11.8 Å². The van der Waals surface area contributed by atoms with E-state index in [1.807, 2.05) is 61.9 Å². The molecule has 0 atom stereocenters. The van der Waals surface area contributed by atoms with Gasteiger partial charge in [-0.1, -0.05) is 12.1 Å². The number of rotatable bonds is 6. The summed E-state index contributed by atoms with van der Waals surface area (Å²) in [6.45, 7) is 6.25. The molecule has 0 aliphatic rings. The molecule has 0 bridgehead atoms. The SMILES string of the molecule is CSc1ccc(COC(=O)CCc2c(C)nc3cc(C)nn3c2C)cc1. The zero-order chi connectivity index (χ0) is 18.7. The highest BCUT2D eigenvalue weighted by molar-refractivity contribution is 7.98. The van der Waals surface area contributed by atoms with E-state index in [0.29, 0.717) is 19.4 Å². The van der Waals surface area contributed by atoms with Gasteiger partial charge in [-0.05, 0) is 56.7 Å². The van der Waals surface area contributed by atoms with Gasteiger partial charge in [0.05, 0.1) is 5.69 Å². The van der Waals surface area contributed by atoms with Crippen LogP contribution in [0.4, 0.5) is 0 Å². The number of hydrogen-bond donors (Lipinski definition) is 0. The summed E-state index contributed by atoms with van der Waals surface area (Å²) in [5.41, 5.74) is 5.80. The predicted octanol–water partition coefficient (Wildman–Crippen LogP) is 4.05. The van der Waals surface area contributed by atoms with Crippen molar-refractivity contribution in [2.45, 2.75) is 45.1 Å². The second-order valence-electron chi connectivity index (χ2n) is 6.33. The molecule has 5 nitrogen and oxygen atoms in total. The summed E-state index contributed by atoms with van der Waals surface area (Å²) in [7, 11) is 0. The number of aryl methyl sites for hydroxylation is 3. The van der Waals surface area contributed by atoms with E-state index in [4.69, 9.17) is 4.74 Å². The van der Waals surface area contributed by atoms with E-state index in [-0.39, 0.29) is 5.97 Å². The molecule has 0 amide bonds. The monoisotopic (exact) mass is 369 g/mol. The van der Waals surface area contributed by atoms with Gasteiger partial charge >= 0.3 is 5.97 Å². The van der Waals surface area contributed by atoms with Gasteiger partial charge in [-0.3, -0.25) is 4.79 Å². The molecule has 1 aromatic carbocycles. The number of ether oxygens (including phenoxy) is 1. The Bertz CT molecular complexity index is 932. The van der Waals surface area contributed by atoms with E-state index in [9.17, 15) is 4.79 Å². The molecular formula is C20H23N3O2S. The molecular weight excluding hydrogens is 346 g/mol. The van der Waals surface area contributed by atoms with Gasteiger partial charge in [0.25, 0.3) is 0 Å². The molecule has 3 aromatic rings. The highest BCUT2D eigenvalue weighted by atomic mass is 32.2. The van der Waals surface area contributed by atoms with Crippen LogP contribution in [0.5, 0.6) is 0 Å². The van der Waals surface area contributed by atoms with Crippen LogP contribution < -0.4 is 0 Å². The maximum absolute atomic E-state index is 12.1. The van der Waals surface area contributed by atoms with E-state index in [1.165, 1.54) is 4.90 Å². The van der Waals surface area contributed by atoms with Crippen molar-refractivity contribution in [1.82, 2.24) is 14.6 Å². The van der Waals surface area contributed by atoms with Crippen LogP contribution in [0, 0.1) is 20.8 Å². The van der Waals surface area contributed by atoms with E-state index in [2.05, 4.69) is 10.1 Å². The summed E-state index contributed by atoms with van der Waals surface area (Å²) in [6, 6.07) is 10.0. The summed E-state index contributed by atoms with van der Waals surface area (Å²) < 4.78 is 7.25. The third-order valence-electron chi connectivity index (χ3n) is 4.42. The Morgan fingerprint density at radius 1 is 1.19 bits per heavy atom. The van der Waals surface area contributed by atoms with Gasteiger partial charge in [0.15, 0.2) is 5.65 Å². The summed E-state index contributed by atoms with van der Waals surface area (Å²) in [5, 5.41) is 4.47. The fourth-order valence-electron chi connectivity index (χ4n) is 2.99. The number of fused-ring (bicyclic) bond motifs is 1. The molecule has 2 aromatic heterocycles. The third kappa shape index (κ3) is 4.07. The van der Waals surface area contributed by atoms with Crippen LogP contribution in [0.2, 0.25) is 0 Å². The normalized spacial score (nSPS) is 11.1. The van der Waals surface area contributed by atoms with Crippen LogP contribution in [-0.2, 0) is 22.6 Å². The van der Waals surface area contributed by atoms with Gasteiger partial charge in [0, 0.05) is 28.8 Å². The number of nitrogens with zero attached hydrogens (tertiary/aromatic N) is 3. The van der Waals surface area contributed by atoms with Crippen molar-refractivity contribution in [3.05, 3.63) is 58.5 Å². The topological polar surface area (TPSA) is 56.5 Å². The molecule has 0 saturated carbocycles. The summed E-state index contributed by atoms with van der Waals surface area (Å²) >= 11 is 1.69. The Labute approximate surface area is 157 Å². The first-order valence-corrected chi connectivity index (χ1v) is 9.81. The Hall–Kier alpha value is -2.34. The lowest BCUT2D eigenvalue weighted by molar-refractivity contribution is -0.144. The molecule has 0 unspecified atom stereocenters. The van der Waals surface area contributed by atoms with E-state index >= 15 is 0 Å². The minimum absolute atomic E-state index is 0.200. The van der Waals surface area contributed by atoms with Gasteiger partial charge in [-0.25, -0.2) is 9.50 Å². The largest absolute Gasteiger partial charge is 0.461 e. The number of thioether (sulfide) groups is 1. The maximum atomic E-state index is 12.1. The number of benzene rings is 1. The van der Waals surface area contributed by atoms with Crippen molar-refractivity contribution in [3.8, 4) is 0 Å². The fraction of sp³-hybridized carbons (Fsp3) is 0.350. The van der Waals surface area contributed by atoms with Crippen molar-refractivity contribution >= 4 is 23.4 Å². The number of esters is 1. The smallest absolute Gasteiger partial charge is 0.306 e. The lowest BCUT2D eigenvalue weighted by Crippen LogP contribution is -2.10. The first-order chi connectivity index (χ1) is 12.5. The summed E-state index contributed by atoms with van der Waals surface area (Å²) in [6.07, 6.45) is 2.97. The summed E-state index contributed by atoms with van der Waals surface area (Å²) in [5.74, 6) is -0.200. The molecule has 0 spiro atoms. The first-order valence-electron chi connectivity index (χ1n) is 8.59. The van der Waals surface area contributed by atoms with Crippen molar-refractivity contribution in [3.63, 3.8) is 0 Å². The van der Waals surface area contributed by atoms with E-state index in [0.717, 1.165) is 33.9 Å². The molecule has 0 aliphatic heterocycles. The molecule has 26 heavy (non-hydrogen) atoms. The lowest BCUT2D eigenvalue weighted by Gasteiger charge is -2.11. The summed E-state index contributed by atoms with van der Waals surface area (Å²) in [4.78, 5) is 17.9. The van der Waals surface area contributed by atoms with Gasteiger partial charge < -0.3 is 4.74 Å². The van der Waals surface area contributed by atoms with Crippen LogP contribution in [0.1, 0.15) is 34.6 Å². The zero-order valence-electron chi connectivity index (χ0n) is 15.6. The zero-order valence-corrected chi connectivity index (χ0v) is 16.4. The van der Waals surface area contributed by atoms with E-state index < -0.39 is 0 Å². The molecule has 0 aliphatic carbocycles. The standard InChI is InChI=1S/C20H23N3O2S/c1-13-11-19-21-14(2)18(15(3)23(19)22-13)9-10-20(24)25-12-16-5-7-17(26-4)8-6-16/h5-8,11H,9-10,12H2,1-4H3. The van der Waals surface area contributed by atoms with Gasteiger partial charge in [0.2, 0.25) is 0 Å². The number of carbonyl (C=O) groups is 1. The second-order valence-corrected chi connectivity index (χ2v) is 7.21. The highest BCUT2D eigenvalue weighted by Crippen LogP contribution is 2.18. The quantitative estimate of drug-likeness (QED) is 0.485. The van der Waals surface area contributed by atoms with Crippen molar-refractivity contribution in [2.24, 2.45) is 0 Å². The minimum Gasteiger partial charge on any atom is -0.461 e. The maximum Gasteiger partial charge on any atom is 0.306 e. The third-order valence-corrected chi connectivity index (χ3v) is 5.17. The van der Waals surface area contributed by atoms with Crippen molar-refractivity contribution in [2.75, 3.05) is 6.26 Å². The first kappa shape index (κ1) is 18.5. The number of carbonyl (C=O) groups excluding carboxylic acids is 1. The van der Waals surface area contributed by atoms with Crippen molar-refractivity contribution in [1.29, 1.82) is 0 Å². The Morgan fingerprint density at radius 3 is 2.62 bits per heavy atom. The average Bonchev–Trinajstić information content (AvgIpc) is 3.00. The Balaban J connectivity index is 1.61. The average molecular weight is 369 g/mol. The molecule has 0 fully saturated rings. The van der Waals surface area contributed by atoms with Gasteiger partial charge in [-0.15, -0.1) is 11.8 Å². The van der Waals surface area contributed by atoms with Crippen LogP contribution in [0.25, 0.3) is 5.65 Å². The molecule has 6 heteroatoms. The second kappa shape index (κ2) is 7.91. The number of aromatic nitrogens is 3. The Kier molecular flexibility index (Phi) is 5.61. The minimum atomic E-state index is -0.200. The van der Waals surface area contributed by atoms with Crippen molar-refractivity contribution < 1.29 is 9.53 Å². The predicted molar refractivity (Wildman–Crippen MR) is 104 cm³/mol. The highest BCUT2D eigenvalue weighted by Gasteiger charge is 2.13. The fourth-order valence-corrected chi connectivity index (χ4v) is 3.40. The van der Waals surface area contributed by atoms with Gasteiger partial charge in [-0.2, -0.15) is 5.10 Å². The Morgan fingerprint density at radius 2 is 1.92 bits per heavy atom.